The first-order chi connectivity index (χ1) is 13.2. The summed E-state index contributed by atoms with van der Waals surface area (Å²) in [7, 11) is 0. The van der Waals surface area contributed by atoms with Gasteiger partial charge in [-0.15, -0.1) is 0 Å². The van der Waals surface area contributed by atoms with Crippen molar-refractivity contribution >= 4 is 22.8 Å². The smallest absolute Gasteiger partial charge is 0.361 e. The summed E-state index contributed by atoms with van der Waals surface area (Å²) in [5.41, 5.74) is 0.855. The summed E-state index contributed by atoms with van der Waals surface area (Å²) in [6, 6.07) is 24.5. The van der Waals surface area contributed by atoms with Gasteiger partial charge in [0.2, 0.25) is 0 Å². The van der Waals surface area contributed by atoms with Crippen LogP contribution < -0.4 is 9.47 Å². The molecule has 0 bridgehead atoms. The summed E-state index contributed by atoms with van der Waals surface area (Å²) in [6.07, 6.45) is 0. The van der Waals surface area contributed by atoms with Gasteiger partial charge in [-0.3, -0.25) is 0 Å². The van der Waals surface area contributed by atoms with Gasteiger partial charge in [-0.05, 0) is 30.3 Å². The fourth-order valence-electron chi connectivity index (χ4n) is 2.80. The van der Waals surface area contributed by atoms with Crippen molar-refractivity contribution in [3.8, 4) is 11.5 Å². The van der Waals surface area contributed by atoms with Gasteiger partial charge in [-0.25, -0.2) is 9.59 Å². The van der Waals surface area contributed by atoms with Crippen LogP contribution in [0, 0.1) is 0 Å². The molecule has 0 saturated heterocycles. The Morgan fingerprint density at radius 3 is 1.78 bits per heavy atom. The average Bonchev–Trinajstić information content (AvgIpc) is 3.09. The van der Waals surface area contributed by atoms with Crippen LogP contribution in [0.15, 0.2) is 84.9 Å². The highest BCUT2D eigenvalue weighted by Crippen LogP contribution is 2.25. The molecule has 27 heavy (non-hydrogen) atoms. The highest BCUT2D eigenvalue weighted by Gasteiger charge is 2.26. The molecule has 0 amide bonds. The molecular formula is C22H15NO4. The Labute approximate surface area is 155 Å². The van der Waals surface area contributed by atoms with Crippen molar-refractivity contribution in [1.29, 1.82) is 0 Å². The summed E-state index contributed by atoms with van der Waals surface area (Å²) in [5, 5.41) is 0.596. The molecule has 0 aliphatic rings. The standard InChI is InChI=1S/C22H15NO4/c24-21(26-15-9-3-1-4-10-15)19-17-13-7-8-14-18(17)23-20(19)22(25)27-16-11-5-2-6-12-16/h1-14,23H. The minimum Gasteiger partial charge on any atom is -0.423 e. The monoisotopic (exact) mass is 357 g/mol. The van der Waals surface area contributed by atoms with E-state index in [1.807, 2.05) is 18.2 Å². The van der Waals surface area contributed by atoms with Gasteiger partial charge in [-0.1, -0.05) is 54.6 Å². The van der Waals surface area contributed by atoms with Crippen molar-refractivity contribution in [2.75, 3.05) is 0 Å². The number of aromatic nitrogens is 1. The Hall–Kier alpha value is -3.86. The zero-order valence-corrected chi connectivity index (χ0v) is 14.2. The molecule has 0 radical (unpaired) electrons. The van der Waals surface area contributed by atoms with Crippen LogP contribution in [0.1, 0.15) is 20.8 Å². The number of rotatable bonds is 4. The molecule has 0 aliphatic heterocycles. The predicted octanol–water partition coefficient (Wildman–Crippen LogP) is 4.61. The fourth-order valence-corrected chi connectivity index (χ4v) is 2.80. The van der Waals surface area contributed by atoms with Gasteiger partial charge >= 0.3 is 11.9 Å². The zero-order valence-electron chi connectivity index (χ0n) is 14.2. The lowest BCUT2D eigenvalue weighted by atomic mass is 10.1. The maximum Gasteiger partial charge on any atom is 0.361 e. The molecule has 1 N–H and O–H groups in total. The van der Waals surface area contributed by atoms with Crippen LogP contribution in [0.4, 0.5) is 0 Å². The molecule has 0 spiro atoms. The maximum atomic E-state index is 12.8. The number of hydrogen-bond acceptors (Lipinski definition) is 4. The number of esters is 2. The number of carbonyl (C=O) groups is 2. The molecule has 0 aliphatic carbocycles. The Balaban J connectivity index is 1.73. The van der Waals surface area contributed by atoms with Gasteiger partial charge in [0.05, 0.1) is 0 Å². The molecule has 132 valence electrons. The van der Waals surface area contributed by atoms with Crippen LogP contribution in [0.25, 0.3) is 10.9 Å². The first kappa shape index (κ1) is 16.6. The van der Waals surface area contributed by atoms with Crippen LogP contribution in [0.3, 0.4) is 0 Å². The van der Waals surface area contributed by atoms with Crippen molar-refractivity contribution in [2.24, 2.45) is 0 Å². The number of H-pyrrole nitrogens is 1. The van der Waals surface area contributed by atoms with Gasteiger partial charge in [0.25, 0.3) is 0 Å². The molecule has 3 aromatic carbocycles. The van der Waals surface area contributed by atoms with Crippen molar-refractivity contribution < 1.29 is 19.1 Å². The van der Waals surface area contributed by atoms with E-state index < -0.39 is 11.9 Å². The molecule has 1 heterocycles. The molecule has 5 nitrogen and oxygen atoms in total. The number of para-hydroxylation sites is 3. The average molecular weight is 357 g/mol. The van der Waals surface area contributed by atoms with Crippen LogP contribution in [-0.2, 0) is 0 Å². The van der Waals surface area contributed by atoms with Gasteiger partial charge in [-0.2, -0.15) is 0 Å². The molecule has 4 rings (SSSR count). The van der Waals surface area contributed by atoms with Crippen molar-refractivity contribution in [1.82, 2.24) is 4.98 Å². The number of benzene rings is 3. The fraction of sp³-hybridized carbons (Fsp3) is 0. The molecule has 0 atom stereocenters. The molecule has 0 unspecified atom stereocenters. The number of ether oxygens (including phenoxy) is 2. The van der Waals surface area contributed by atoms with E-state index in [0.717, 1.165) is 0 Å². The van der Waals surface area contributed by atoms with E-state index in [9.17, 15) is 9.59 Å². The highest BCUT2D eigenvalue weighted by atomic mass is 16.5. The summed E-state index contributed by atoms with van der Waals surface area (Å²) < 4.78 is 10.8. The normalized spacial score (nSPS) is 10.5. The zero-order chi connectivity index (χ0) is 18.6. The van der Waals surface area contributed by atoms with Gasteiger partial charge < -0.3 is 14.5 Å². The maximum absolute atomic E-state index is 12.8. The van der Waals surface area contributed by atoms with E-state index in [1.165, 1.54) is 0 Å². The third-order valence-corrected chi connectivity index (χ3v) is 4.02. The van der Waals surface area contributed by atoms with E-state index >= 15 is 0 Å². The largest absolute Gasteiger partial charge is 0.423 e. The van der Waals surface area contributed by atoms with E-state index in [0.29, 0.717) is 22.4 Å². The summed E-state index contributed by atoms with van der Waals surface area (Å²) in [5.74, 6) is -0.491. The van der Waals surface area contributed by atoms with Crippen LogP contribution in [-0.4, -0.2) is 16.9 Å². The Morgan fingerprint density at radius 1 is 0.630 bits per heavy atom. The van der Waals surface area contributed by atoms with E-state index in [-0.39, 0.29) is 11.3 Å². The van der Waals surface area contributed by atoms with Crippen LogP contribution >= 0.6 is 0 Å². The lowest BCUT2D eigenvalue weighted by molar-refractivity contribution is 0.0690. The number of fused-ring (bicyclic) bond motifs is 1. The number of nitrogens with one attached hydrogen (secondary N) is 1. The summed E-state index contributed by atoms with van der Waals surface area (Å²) in [6.45, 7) is 0. The molecule has 5 heteroatoms. The third kappa shape index (κ3) is 3.43. The predicted molar refractivity (Wildman–Crippen MR) is 101 cm³/mol. The molecule has 0 fully saturated rings. The number of carbonyl (C=O) groups excluding carboxylic acids is 2. The molecule has 0 saturated carbocycles. The Morgan fingerprint density at radius 2 is 1.15 bits per heavy atom. The van der Waals surface area contributed by atoms with Crippen LogP contribution in [0.5, 0.6) is 11.5 Å². The van der Waals surface area contributed by atoms with Gasteiger partial charge in [0.1, 0.15) is 22.8 Å². The molecule has 1 aromatic heterocycles. The lowest BCUT2D eigenvalue weighted by Crippen LogP contribution is -2.17. The Bertz CT molecular complexity index is 1100. The van der Waals surface area contributed by atoms with Crippen molar-refractivity contribution in [3.63, 3.8) is 0 Å². The first-order valence-corrected chi connectivity index (χ1v) is 8.37. The second-order valence-corrected chi connectivity index (χ2v) is 5.83. The van der Waals surface area contributed by atoms with Gasteiger partial charge in [0.15, 0.2) is 0 Å². The SMILES string of the molecule is O=C(Oc1ccccc1)c1[nH]c2ccccc2c1C(=O)Oc1ccccc1. The van der Waals surface area contributed by atoms with E-state index in [2.05, 4.69) is 4.98 Å². The molecular weight excluding hydrogens is 342 g/mol. The number of hydrogen-bond donors (Lipinski definition) is 1. The Kier molecular flexibility index (Phi) is 4.41. The summed E-state index contributed by atoms with van der Waals surface area (Å²) in [4.78, 5) is 28.5. The number of aromatic amines is 1. The van der Waals surface area contributed by atoms with Crippen molar-refractivity contribution in [3.05, 3.63) is 96.2 Å². The minimum absolute atomic E-state index is 0.0565. The molecule has 4 aromatic rings. The highest BCUT2D eigenvalue weighted by molar-refractivity contribution is 6.13. The topological polar surface area (TPSA) is 68.4 Å². The van der Waals surface area contributed by atoms with Crippen molar-refractivity contribution in [2.45, 2.75) is 0 Å². The quantitative estimate of drug-likeness (QED) is 0.428. The minimum atomic E-state index is -0.655. The summed E-state index contributed by atoms with van der Waals surface area (Å²) >= 11 is 0. The lowest BCUT2D eigenvalue weighted by Gasteiger charge is -2.06. The van der Waals surface area contributed by atoms with Gasteiger partial charge in [0, 0.05) is 10.9 Å². The first-order valence-electron chi connectivity index (χ1n) is 8.37. The van der Waals surface area contributed by atoms with E-state index in [4.69, 9.17) is 9.47 Å². The van der Waals surface area contributed by atoms with Crippen LogP contribution in [0.2, 0.25) is 0 Å². The van der Waals surface area contributed by atoms with E-state index in [1.54, 1.807) is 66.7 Å². The second-order valence-electron chi connectivity index (χ2n) is 5.83. The third-order valence-electron chi connectivity index (χ3n) is 4.02. The second kappa shape index (κ2) is 7.17.